The molecule has 3 aromatic rings. The minimum Gasteiger partial charge on any atom is -0.744 e. The Bertz CT molecular complexity index is 1900. The summed E-state index contributed by atoms with van der Waals surface area (Å²) in [4.78, 5) is 17.7. The van der Waals surface area contributed by atoms with Gasteiger partial charge in [-0.25, -0.2) is 16.8 Å². The third-order valence-electron chi connectivity index (χ3n) is 5.42. The van der Waals surface area contributed by atoms with Gasteiger partial charge in [0.2, 0.25) is 5.95 Å². The number of azo groups is 1. The molecule has 22 heteroatoms. The summed E-state index contributed by atoms with van der Waals surface area (Å²) >= 11 is 11.6. The zero-order valence-corrected chi connectivity index (χ0v) is 31.7. The molecule has 43 heavy (non-hydrogen) atoms. The first-order chi connectivity index (χ1) is 19.0. The number of benzene rings is 2. The number of hydrogen-bond acceptors (Lipinski definition) is 13. The minimum atomic E-state index is -5.13. The summed E-state index contributed by atoms with van der Waals surface area (Å²) in [7, 11) is -10.0. The van der Waals surface area contributed by atoms with Crippen molar-refractivity contribution in [1.29, 1.82) is 0 Å². The molecule has 0 spiro atoms. The van der Waals surface area contributed by atoms with Crippen LogP contribution in [0.3, 0.4) is 0 Å². The molecule has 1 amide bonds. The number of carbonyl (C=O) groups excluding carboxylic acids is 1. The predicted molar refractivity (Wildman–Crippen MR) is 138 cm³/mol. The average molecular weight is 727 g/mol. The quantitative estimate of drug-likeness (QED) is 0.0914. The molecule has 1 atom stereocenters. The molecule has 0 fully saturated rings. The second-order valence-corrected chi connectivity index (χ2v) is 11.7. The van der Waals surface area contributed by atoms with Gasteiger partial charge >= 0.3 is 109 Å². The van der Waals surface area contributed by atoms with Gasteiger partial charge in [0, 0.05) is 5.69 Å². The number of nitrogens with zero attached hydrogens (tertiary/aromatic N) is 6. The van der Waals surface area contributed by atoms with Crippen LogP contribution in [0.1, 0.15) is 12.5 Å². The van der Waals surface area contributed by atoms with Gasteiger partial charge in [-0.2, -0.15) is 39.1 Å². The van der Waals surface area contributed by atoms with E-state index >= 15 is 0 Å². The van der Waals surface area contributed by atoms with Crippen LogP contribution in [0.2, 0.25) is 10.0 Å². The fourth-order valence-electron chi connectivity index (χ4n) is 3.51. The summed E-state index contributed by atoms with van der Waals surface area (Å²) in [6.45, 7) is 2.75. The van der Waals surface area contributed by atoms with Gasteiger partial charge in [0.1, 0.15) is 30.9 Å². The maximum absolute atomic E-state index is 13.7. The molecule has 216 valence electrons. The van der Waals surface area contributed by atoms with E-state index in [4.69, 9.17) is 23.2 Å². The van der Waals surface area contributed by atoms with Gasteiger partial charge < -0.3 is 14.4 Å². The predicted octanol–water partition coefficient (Wildman–Crippen LogP) is -2.20. The summed E-state index contributed by atoms with van der Waals surface area (Å²) in [6.07, 6.45) is -1.45. The maximum Gasteiger partial charge on any atom is 1.00 e. The van der Waals surface area contributed by atoms with E-state index in [1.54, 1.807) is 0 Å². The van der Waals surface area contributed by atoms with E-state index in [1.165, 1.54) is 13.8 Å². The van der Waals surface area contributed by atoms with E-state index in [0.717, 1.165) is 35.3 Å². The molecule has 0 saturated carbocycles. The number of halogens is 4. The molecule has 0 saturated heterocycles. The number of nitrogens with one attached hydrogen (secondary N) is 1. The van der Waals surface area contributed by atoms with E-state index < -0.39 is 75.6 Å². The Labute approximate surface area is 338 Å². The maximum atomic E-state index is 13.7. The SMILES string of the molecule is CC1=NN(c2ccc(S(=O)(=O)[O-])c(Cl)c2)C(=O)C1N=Nc1cc(Nc2nc(F)nc(F)c2Cl)c(C)cc1S(=O)(=O)[O-].[K+].[K+]. The fraction of sp³-hybridized carbons (Fsp3) is 0.143. The smallest absolute Gasteiger partial charge is 0.744 e. The fourth-order valence-corrected chi connectivity index (χ4v) is 5.31. The van der Waals surface area contributed by atoms with Crippen molar-refractivity contribution in [2.75, 3.05) is 10.3 Å². The summed E-state index contributed by atoms with van der Waals surface area (Å²) in [5.74, 6) is -2.71. The third-order valence-corrected chi connectivity index (χ3v) is 7.94. The molecular weight excluding hydrogens is 714 g/mol. The van der Waals surface area contributed by atoms with Crippen LogP contribution in [0.5, 0.6) is 0 Å². The van der Waals surface area contributed by atoms with Crippen LogP contribution < -0.4 is 113 Å². The van der Waals surface area contributed by atoms with Crippen molar-refractivity contribution in [3.63, 3.8) is 0 Å². The first kappa shape index (κ1) is 38.8. The zero-order chi connectivity index (χ0) is 30.4. The number of amides is 1. The van der Waals surface area contributed by atoms with Crippen LogP contribution in [0, 0.1) is 18.9 Å². The molecule has 1 aliphatic heterocycles. The molecule has 14 nitrogen and oxygen atoms in total. The number of anilines is 3. The van der Waals surface area contributed by atoms with Crippen molar-refractivity contribution in [3.8, 4) is 0 Å². The van der Waals surface area contributed by atoms with Gasteiger partial charge in [-0.15, -0.1) is 0 Å². The van der Waals surface area contributed by atoms with Crippen molar-refractivity contribution < 1.29 is 142 Å². The van der Waals surface area contributed by atoms with Crippen molar-refractivity contribution >= 4 is 77.9 Å². The molecule has 4 rings (SSSR count). The normalized spacial score (nSPS) is 15.3. The second-order valence-electron chi connectivity index (χ2n) is 8.24. The van der Waals surface area contributed by atoms with Gasteiger partial charge in [0.25, 0.3) is 5.91 Å². The molecular formula is C21H13Cl2F2K2N7O7S2. The van der Waals surface area contributed by atoms with Crippen LogP contribution in [0.25, 0.3) is 0 Å². The molecule has 1 unspecified atom stereocenters. The molecule has 0 aliphatic carbocycles. The number of carbonyl (C=O) groups is 1. The molecule has 1 aliphatic rings. The Morgan fingerprint density at radius 3 is 2.19 bits per heavy atom. The first-order valence-corrected chi connectivity index (χ1v) is 14.4. The standard InChI is InChI=1S/C21H15Cl2F2N7O7S2.2K/c1-8-5-15(41(37,38)39)13(7-12(8)26-19-16(23)18(24)27-21(25)28-19)29-30-17-9(2)31-32(20(17)33)10-3-4-14(11(22)6-10)40(34,35)36;;/h3-7,17H,1-2H3,(H,26,27,28)(H,34,35,36)(H,37,38,39);;/q;2*+1/p-2. The van der Waals surface area contributed by atoms with Crippen molar-refractivity contribution in [3.05, 3.63) is 58.0 Å². The van der Waals surface area contributed by atoms with Crippen molar-refractivity contribution in [2.45, 2.75) is 29.7 Å². The molecule has 2 heterocycles. The van der Waals surface area contributed by atoms with Gasteiger partial charge in [0.05, 0.1) is 26.2 Å². The monoisotopic (exact) mass is 725 g/mol. The summed E-state index contributed by atoms with van der Waals surface area (Å²) < 4.78 is 96.8. The van der Waals surface area contributed by atoms with Gasteiger partial charge in [0.15, 0.2) is 11.9 Å². The van der Waals surface area contributed by atoms with E-state index in [-0.39, 0.29) is 125 Å². The summed E-state index contributed by atoms with van der Waals surface area (Å²) in [5, 5.41) is 13.8. The van der Waals surface area contributed by atoms with Crippen molar-refractivity contribution in [1.82, 2.24) is 9.97 Å². The number of aryl methyl sites for hydroxylation is 1. The Morgan fingerprint density at radius 1 is 0.977 bits per heavy atom. The van der Waals surface area contributed by atoms with Gasteiger partial charge in [-0.05, 0) is 49.7 Å². The number of hydrogen-bond donors (Lipinski definition) is 1. The van der Waals surface area contributed by atoms with Crippen molar-refractivity contribution in [2.24, 2.45) is 15.3 Å². The largest absolute Gasteiger partial charge is 1.00 e. The molecule has 1 N–H and O–H groups in total. The van der Waals surface area contributed by atoms with E-state index in [1.807, 2.05) is 0 Å². The Balaban J connectivity index is 0.00000323. The molecule has 2 aromatic carbocycles. The summed E-state index contributed by atoms with van der Waals surface area (Å²) in [5.41, 5.74) is -0.429. The Hall–Kier alpha value is -0.407. The van der Waals surface area contributed by atoms with Crippen LogP contribution in [-0.4, -0.2) is 53.6 Å². The molecule has 0 radical (unpaired) electrons. The van der Waals surface area contributed by atoms with Crippen LogP contribution in [0.15, 0.2) is 55.5 Å². The second kappa shape index (κ2) is 15.0. The molecule has 0 bridgehead atoms. The number of hydrazone groups is 1. The summed E-state index contributed by atoms with van der Waals surface area (Å²) in [6, 6.07) is 3.51. The minimum absolute atomic E-state index is 0. The van der Waals surface area contributed by atoms with Crippen LogP contribution in [0.4, 0.5) is 31.7 Å². The first-order valence-electron chi connectivity index (χ1n) is 10.8. The Morgan fingerprint density at radius 2 is 1.60 bits per heavy atom. The zero-order valence-electron chi connectivity index (χ0n) is 22.3. The van der Waals surface area contributed by atoms with Crippen LogP contribution >= 0.6 is 23.2 Å². The average Bonchev–Trinajstić information content (AvgIpc) is 3.13. The third kappa shape index (κ3) is 8.90. The van der Waals surface area contributed by atoms with E-state index in [2.05, 4.69) is 30.6 Å². The molecule has 1 aromatic heterocycles. The van der Waals surface area contributed by atoms with Gasteiger partial charge in [-0.3, -0.25) is 4.79 Å². The number of aromatic nitrogens is 2. The Kier molecular flexibility index (Phi) is 13.5. The van der Waals surface area contributed by atoms with Gasteiger partial charge in [-0.1, -0.05) is 23.2 Å². The van der Waals surface area contributed by atoms with E-state index in [9.17, 15) is 39.5 Å². The topological polar surface area (TPSA) is 210 Å². The van der Waals surface area contributed by atoms with E-state index in [0.29, 0.717) is 0 Å². The van der Waals surface area contributed by atoms with Crippen LogP contribution in [-0.2, 0) is 25.0 Å². The number of rotatable bonds is 7.